The number of rotatable bonds is 5. The predicted molar refractivity (Wildman–Crippen MR) is 74.5 cm³/mol. The van der Waals surface area contributed by atoms with Crippen molar-refractivity contribution in [2.45, 2.75) is 4.90 Å². The summed E-state index contributed by atoms with van der Waals surface area (Å²) >= 11 is 2.89. The van der Waals surface area contributed by atoms with Crippen LogP contribution in [0.2, 0.25) is 0 Å². The highest BCUT2D eigenvalue weighted by molar-refractivity contribution is 8.00. The molecule has 0 saturated carbocycles. The summed E-state index contributed by atoms with van der Waals surface area (Å²) in [5.74, 6) is 1.13. The Labute approximate surface area is 113 Å². The molecule has 0 bridgehead atoms. The Morgan fingerprint density at radius 3 is 2.83 bits per heavy atom. The second-order valence-electron chi connectivity index (χ2n) is 3.35. The highest BCUT2D eigenvalue weighted by Gasteiger charge is 2.05. The van der Waals surface area contributed by atoms with Gasteiger partial charge >= 0.3 is 0 Å². The number of anilines is 1. The van der Waals surface area contributed by atoms with Gasteiger partial charge in [-0.1, -0.05) is 0 Å². The van der Waals surface area contributed by atoms with Crippen molar-refractivity contribution in [3.05, 3.63) is 35.8 Å². The van der Waals surface area contributed by atoms with Crippen LogP contribution in [0.1, 0.15) is 0 Å². The van der Waals surface area contributed by atoms with Gasteiger partial charge in [0.25, 0.3) is 0 Å². The lowest BCUT2D eigenvalue weighted by Crippen LogP contribution is -2.13. The van der Waals surface area contributed by atoms with E-state index in [9.17, 15) is 4.79 Å². The van der Waals surface area contributed by atoms with Crippen molar-refractivity contribution in [2.75, 3.05) is 18.2 Å². The molecule has 0 aliphatic carbocycles. The SMILES string of the molecule is COc1ccc(SCC(=O)Nc2nccs2)cc1. The van der Waals surface area contributed by atoms with Crippen LogP contribution in [0.4, 0.5) is 5.13 Å². The van der Waals surface area contributed by atoms with Gasteiger partial charge in [0.05, 0.1) is 12.9 Å². The normalized spacial score (nSPS) is 10.1. The van der Waals surface area contributed by atoms with Crippen LogP contribution in [-0.4, -0.2) is 23.8 Å². The molecule has 2 rings (SSSR count). The molecule has 1 heterocycles. The minimum absolute atomic E-state index is 0.0502. The Hall–Kier alpha value is -1.53. The van der Waals surface area contributed by atoms with Crippen molar-refractivity contribution in [3.8, 4) is 5.75 Å². The smallest absolute Gasteiger partial charge is 0.236 e. The van der Waals surface area contributed by atoms with E-state index in [1.807, 2.05) is 29.6 Å². The molecule has 1 amide bonds. The van der Waals surface area contributed by atoms with Gasteiger partial charge in [0.2, 0.25) is 5.91 Å². The molecular formula is C12H12N2O2S2. The van der Waals surface area contributed by atoms with E-state index in [1.54, 1.807) is 13.3 Å². The molecule has 0 atom stereocenters. The highest BCUT2D eigenvalue weighted by atomic mass is 32.2. The summed E-state index contributed by atoms with van der Waals surface area (Å²) in [4.78, 5) is 16.6. The van der Waals surface area contributed by atoms with Crippen LogP contribution < -0.4 is 10.1 Å². The Kier molecular flexibility index (Phi) is 4.60. The summed E-state index contributed by atoms with van der Waals surface area (Å²) < 4.78 is 5.07. The lowest BCUT2D eigenvalue weighted by molar-refractivity contribution is -0.113. The first-order valence-electron chi connectivity index (χ1n) is 5.24. The first-order chi connectivity index (χ1) is 8.78. The number of aromatic nitrogens is 1. The van der Waals surface area contributed by atoms with Crippen molar-refractivity contribution in [2.24, 2.45) is 0 Å². The van der Waals surface area contributed by atoms with E-state index in [4.69, 9.17) is 4.74 Å². The summed E-state index contributed by atoms with van der Waals surface area (Å²) in [5.41, 5.74) is 0. The van der Waals surface area contributed by atoms with E-state index in [0.717, 1.165) is 10.6 Å². The zero-order valence-electron chi connectivity index (χ0n) is 9.75. The van der Waals surface area contributed by atoms with E-state index in [2.05, 4.69) is 10.3 Å². The number of carbonyl (C=O) groups excluding carboxylic acids is 1. The highest BCUT2D eigenvalue weighted by Crippen LogP contribution is 2.21. The average Bonchev–Trinajstić information content (AvgIpc) is 2.90. The van der Waals surface area contributed by atoms with E-state index in [0.29, 0.717) is 10.9 Å². The molecule has 0 saturated heterocycles. The van der Waals surface area contributed by atoms with Crippen LogP contribution in [0, 0.1) is 0 Å². The molecule has 94 valence electrons. The Morgan fingerprint density at radius 1 is 1.44 bits per heavy atom. The third kappa shape index (κ3) is 3.75. The van der Waals surface area contributed by atoms with Crippen LogP contribution in [-0.2, 0) is 4.79 Å². The van der Waals surface area contributed by atoms with Gasteiger partial charge in [-0.25, -0.2) is 4.98 Å². The lowest BCUT2D eigenvalue weighted by Gasteiger charge is -2.03. The van der Waals surface area contributed by atoms with Gasteiger partial charge < -0.3 is 10.1 Å². The van der Waals surface area contributed by atoms with Gasteiger partial charge in [0, 0.05) is 16.5 Å². The third-order valence-electron chi connectivity index (χ3n) is 2.11. The Balaban J connectivity index is 1.81. The standard InChI is InChI=1S/C12H12N2O2S2/c1-16-9-2-4-10(5-3-9)18-8-11(15)14-12-13-6-7-17-12/h2-7H,8H2,1H3,(H,13,14,15). The van der Waals surface area contributed by atoms with Crippen LogP contribution in [0.3, 0.4) is 0 Å². The summed E-state index contributed by atoms with van der Waals surface area (Å²) in [7, 11) is 1.63. The summed E-state index contributed by atoms with van der Waals surface area (Å²) in [6.45, 7) is 0. The molecule has 1 N–H and O–H groups in total. The molecule has 0 radical (unpaired) electrons. The van der Waals surface area contributed by atoms with Gasteiger partial charge in [-0.15, -0.1) is 23.1 Å². The van der Waals surface area contributed by atoms with Gasteiger partial charge in [-0.05, 0) is 24.3 Å². The summed E-state index contributed by atoms with van der Waals surface area (Å²) in [5, 5.41) is 5.20. The molecule has 1 aromatic carbocycles. The second-order valence-corrected chi connectivity index (χ2v) is 5.29. The van der Waals surface area contributed by atoms with Gasteiger partial charge in [0.15, 0.2) is 5.13 Å². The summed E-state index contributed by atoms with van der Waals surface area (Å²) in [6.07, 6.45) is 1.66. The lowest BCUT2D eigenvalue weighted by atomic mass is 10.3. The maximum Gasteiger partial charge on any atom is 0.236 e. The molecule has 0 spiro atoms. The topological polar surface area (TPSA) is 51.2 Å². The van der Waals surface area contributed by atoms with Crippen molar-refractivity contribution in [3.63, 3.8) is 0 Å². The van der Waals surface area contributed by atoms with Crippen LogP contribution >= 0.6 is 23.1 Å². The maximum atomic E-state index is 11.6. The van der Waals surface area contributed by atoms with E-state index >= 15 is 0 Å². The molecule has 0 unspecified atom stereocenters. The van der Waals surface area contributed by atoms with E-state index < -0.39 is 0 Å². The fraction of sp³-hybridized carbons (Fsp3) is 0.167. The molecule has 0 aliphatic heterocycles. The monoisotopic (exact) mass is 280 g/mol. The zero-order valence-corrected chi connectivity index (χ0v) is 11.4. The number of carbonyl (C=O) groups is 1. The van der Waals surface area contributed by atoms with Crippen LogP contribution in [0.25, 0.3) is 0 Å². The van der Waals surface area contributed by atoms with Crippen molar-refractivity contribution in [1.82, 2.24) is 4.98 Å². The number of thiazole rings is 1. The summed E-state index contributed by atoms with van der Waals surface area (Å²) in [6, 6.07) is 7.61. The number of benzene rings is 1. The predicted octanol–water partition coefficient (Wildman–Crippen LogP) is 2.88. The minimum atomic E-state index is -0.0502. The fourth-order valence-corrected chi connectivity index (χ4v) is 2.50. The third-order valence-corrected chi connectivity index (χ3v) is 3.81. The second kappa shape index (κ2) is 6.42. The molecule has 0 fully saturated rings. The van der Waals surface area contributed by atoms with Gasteiger partial charge in [-0.3, -0.25) is 4.79 Å². The molecule has 1 aromatic heterocycles. The number of nitrogens with one attached hydrogen (secondary N) is 1. The van der Waals surface area contributed by atoms with E-state index in [1.165, 1.54) is 23.1 Å². The zero-order chi connectivity index (χ0) is 12.8. The van der Waals surface area contributed by atoms with Crippen LogP contribution in [0.5, 0.6) is 5.75 Å². The average molecular weight is 280 g/mol. The van der Waals surface area contributed by atoms with Gasteiger partial charge in [-0.2, -0.15) is 0 Å². The first kappa shape index (κ1) is 12.9. The van der Waals surface area contributed by atoms with E-state index in [-0.39, 0.29) is 5.91 Å². The van der Waals surface area contributed by atoms with Crippen molar-refractivity contribution in [1.29, 1.82) is 0 Å². The van der Waals surface area contributed by atoms with Crippen molar-refractivity contribution < 1.29 is 9.53 Å². The quantitative estimate of drug-likeness (QED) is 0.856. The molecule has 0 aliphatic rings. The molecule has 2 aromatic rings. The Bertz CT molecular complexity index is 497. The molecule has 4 nitrogen and oxygen atoms in total. The number of hydrogen-bond donors (Lipinski definition) is 1. The molecule has 6 heteroatoms. The first-order valence-corrected chi connectivity index (χ1v) is 7.10. The number of ether oxygens (including phenoxy) is 1. The van der Waals surface area contributed by atoms with Gasteiger partial charge in [0.1, 0.15) is 5.75 Å². The number of nitrogens with zero attached hydrogens (tertiary/aromatic N) is 1. The minimum Gasteiger partial charge on any atom is -0.497 e. The Morgan fingerprint density at radius 2 is 2.22 bits per heavy atom. The van der Waals surface area contributed by atoms with Crippen molar-refractivity contribution >= 4 is 34.1 Å². The molecule has 18 heavy (non-hydrogen) atoms. The number of hydrogen-bond acceptors (Lipinski definition) is 5. The largest absolute Gasteiger partial charge is 0.497 e. The number of thioether (sulfide) groups is 1. The fourth-order valence-electron chi connectivity index (χ4n) is 1.26. The molecular weight excluding hydrogens is 268 g/mol. The number of amides is 1. The number of methoxy groups -OCH3 is 1. The maximum absolute atomic E-state index is 11.6. The van der Waals surface area contributed by atoms with Crippen LogP contribution in [0.15, 0.2) is 40.7 Å².